The molecule has 0 N–H and O–H groups in total. The standard InChI is InChI=1S/C22H27ClF4O2/c1-2-3-4-5-14-12-28-21(29-13-14)16-8-6-15(7-9-16)17-10-18(24)20(19(25)11-17)22(23,26)27/h2-3,10-11,14-16,21H,4-9,12-13H2,1H3/b3-2+. The largest absolute Gasteiger partial charge is 0.353 e. The maximum atomic E-state index is 14.0. The van der Waals surface area contributed by atoms with Crippen molar-refractivity contribution in [1.29, 1.82) is 0 Å². The normalized spacial score (nSPS) is 28.8. The Labute approximate surface area is 174 Å². The van der Waals surface area contributed by atoms with Crippen LogP contribution in [0.3, 0.4) is 0 Å². The number of rotatable bonds is 6. The molecule has 0 bridgehead atoms. The van der Waals surface area contributed by atoms with E-state index in [1.165, 1.54) is 0 Å². The number of allylic oxidation sites excluding steroid dienone is 2. The highest BCUT2D eigenvalue weighted by molar-refractivity contribution is 6.21. The highest BCUT2D eigenvalue weighted by atomic mass is 35.5. The van der Waals surface area contributed by atoms with E-state index < -0.39 is 22.6 Å². The monoisotopic (exact) mass is 434 g/mol. The van der Waals surface area contributed by atoms with E-state index in [4.69, 9.17) is 21.1 Å². The summed E-state index contributed by atoms with van der Waals surface area (Å²) in [6.45, 7) is 3.38. The van der Waals surface area contributed by atoms with Crippen molar-refractivity contribution in [2.45, 2.75) is 63.0 Å². The van der Waals surface area contributed by atoms with Crippen LogP contribution in [0.5, 0.6) is 0 Å². The van der Waals surface area contributed by atoms with Crippen LogP contribution < -0.4 is 0 Å². The molecule has 7 heteroatoms. The topological polar surface area (TPSA) is 18.5 Å². The fourth-order valence-corrected chi connectivity index (χ4v) is 4.50. The second-order valence-corrected chi connectivity index (χ2v) is 8.49. The van der Waals surface area contributed by atoms with Gasteiger partial charge in [0, 0.05) is 11.8 Å². The average molecular weight is 435 g/mol. The van der Waals surface area contributed by atoms with Crippen molar-refractivity contribution in [3.8, 4) is 0 Å². The number of halogens is 5. The van der Waals surface area contributed by atoms with E-state index in [9.17, 15) is 17.6 Å². The zero-order chi connectivity index (χ0) is 21.0. The molecule has 2 fully saturated rings. The van der Waals surface area contributed by atoms with Crippen molar-refractivity contribution in [2.75, 3.05) is 13.2 Å². The predicted octanol–water partition coefficient (Wildman–Crippen LogP) is 6.87. The minimum absolute atomic E-state index is 0.0783. The van der Waals surface area contributed by atoms with Gasteiger partial charge in [0.2, 0.25) is 0 Å². The molecule has 0 amide bonds. The van der Waals surface area contributed by atoms with E-state index >= 15 is 0 Å². The van der Waals surface area contributed by atoms with Gasteiger partial charge in [0.25, 0.3) is 0 Å². The molecule has 162 valence electrons. The van der Waals surface area contributed by atoms with Crippen LogP contribution in [0.1, 0.15) is 62.5 Å². The number of benzene rings is 1. The van der Waals surface area contributed by atoms with E-state index in [1.54, 1.807) is 0 Å². The highest BCUT2D eigenvalue weighted by Crippen LogP contribution is 2.42. The zero-order valence-corrected chi connectivity index (χ0v) is 17.2. The lowest BCUT2D eigenvalue weighted by Crippen LogP contribution is -2.38. The van der Waals surface area contributed by atoms with Crippen LogP contribution in [0.25, 0.3) is 0 Å². The molecular formula is C22H27ClF4O2. The van der Waals surface area contributed by atoms with Gasteiger partial charge in [0.05, 0.1) is 13.2 Å². The van der Waals surface area contributed by atoms with E-state index in [2.05, 4.69) is 6.08 Å². The lowest BCUT2D eigenvalue weighted by atomic mass is 9.78. The summed E-state index contributed by atoms with van der Waals surface area (Å²) in [4.78, 5) is 0. The molecule has 0 unspecified atom stereocenters. The first kappa shape index (κ1) is 22.6. The van der Waals surface area contributed by atoms with Crippen molar-refractivity contribution in [3.63, 3.8) is 0 Å². The molecule has 1 heterocycles. The lowest BCUT2D eigenvalue weighted by molar-refractivity contribution is -0.229. The number of ether oxygens (including phenoxy) is 2. The summed E-state index contributed by atoms with van der Waals surface area (Å²) in [6.07, 6.45) is 9.01. The fourth-order valence-electron chi connectivity index (χ4n) is 4.32. The smallest absolute Gasteiger partial charge is 0.352 e. The van der Waals surface area contributed by atoms with Gasteiger partial charge in [0.1, 0.15) is 17.2 Å². The van der Waals surface area contributed by atoms with Crippen LogP contribution in [-0.2, 0) is 14.9 Å². The zero-order valence-electron chi connectivity index (χ0n) is 16.5. The van der Waals surface area contributed by atoms with Gasteiger partial charge >= 0.3 is 5.38 Å². The third-order valence-electron chi connectivity index (χ3n) is 5.95. The third-order valence-corrected chi connectivity index (χ3v) is 6.13. The van der Waals surface area contributed by atoms with Crippen molar-refractivity contribution in [2.24, 2.45) is 11.8 Å². The van der Waals surface area contributed by atoms with Crippen molar-refractivity contribution < 1.29 is 27.0 Å². The Balaban J connectivity index is 1.52. The molecule has 0 aromatic heterocycles. The quantitative estimate of drug-likeness (QED) is 0.276. The van der Waals surface area contributed by atoms with Gasteiger partial charge in [-0.25, -0.2) is 8.78 Å². The summed E-state index contributed by atoms with van der Waals surface area (Å²) >= 11 is 4.81. The van der Waals surface area contributed by atoms with Crippen LogP contribution in [0.15, 0.2) is 24.3 Å². The van der Waals surface area contributed by atoms with Gasteiger partial charge in [-0.05, 0) is 80.7 Å². The van der Waals surface area contributed by atoms with Crippen LogP contribution in [0, 0.1) is 23.5 Å². The molecule has 0 radical (unpaired) electrons. The van der Waals surface area contributed by atoms with Gasteiger partial charge in [-0.1, -0.05) is 12.2 Å². The molecule has 1 aliphatic carbocycles. The maximum Gasteiger partial charge on any atom is 0.353 e. The number of alkyl halides is 3. The van der Waals surface area contributed by atoms with Gasteiger partial charge in [-0.2, -0.15) is 8.78 Å². The molecule has 1 saturated carbocycles. The maximum absolute atomic E-state index is 14.0. The van der Waals surface area contributed by atoms with Crippen LogP contribution in [-0.4, -0.2) is 19.5 Å². The summed E-state index contributed by atoms with van der Waals surface area (Å²) in [5, 5.41) is -4.06. The first-order valence-electron chi connectivity index (χ1n) is 10.2. The fraction of sp³-hybridized carbons (Fsp3) is 0.636. The highest BCUT2D eigenvalue weighted by Gasteiger charge is 2.37. The summed E-state index contributed by atoms with van der Waals surface area (Å²) in [7, 11) is 0. The average Bonchev–Trinajstić information content (AvgIpc) is 2.67. The molecule has 1 aliphatic heterocycles. The SMILES string of the molecule is C/C=C/CCC1COC(C2CCC(c3cc(F)c(C(F)(F)Cl)c(F)c3)CC2)OC1. The van der Waals surface area contributed by atoms with Gasteiger partial charge < -0.3 is 9.47 Å². The molecule has 0 spiro atoms. The summed E-state index contributed by atoms with van der Waals surface area (Å²) in [5.41, 5.74) is -0.984. The van der Waals surface area contributed by atoms with Crippen LogP contribution >= 0.6 is 11.6 Å². The summed E-state index contributed by atoms with van der Waals surface area (Å²) in [5.74, 6) is -2.03. The second kappa shape index (κ2) is 9.80. The van der Waals surface area contributed by atoms with Crippen molar-refractivity contribution >= 4 is 11.6 Å². The Bertz CT molecular complexity index is 680. The Kier molecular flexibility index (Phi) is 7.63. The number of hydrogen-bond acceptors (Lipinski definition) is 2. The first-order chi connectivity index (χ1) is 13.8. The Morgan fingerprint density at radius 1 is 1.07 bits per heavy atom. The Morgan fingerprint density at radius 2 is 1.66 bits per heavy atom. The minimum atomic E-state index is -4.06. The minimum Gasteiger partial charge on any atom is -0.352 e. The number of hydrogen-bond donors (Lipinski definition) is 0. The molecule has 1 saturated heterocycles. The molecule has 3 rings (SSSR count). The molecule has 2 aliphatic rings. The molecule has 1 aromatic rings. The first-order valence-corrected chi connectivity index (χ1v) is 10.6. The molecule has 0 atom stereocenters. The van der Waals surface area contributed by atoms with E-state index in [1.807, 2.05) is 13.0 Å². The van der Waals surface area contributed by atoms with Gasteiger partial charge in [-0.15, -0.1) is 0 Å². The molecule has 29 heavy (non-hydrogen) atoms. The Hall–Kier alpha value is -1.11. The van der Waals surface area contributed by atoms with Crippen molar-refractivity contribution in [1.82, 2.24) is 0 Å². The second-order valence-electron chi connectivity index (χ2n) is 8.02. The van der Waals surface area contributed by atoms with E-state index in [-0.39, 0.29) is 18.1 Å². The van der Waals surface area contributed by atoms with Gasteiger partial charge in [0.15, 0.2) is 6.29 Å². The van der Waals surface area contributed by atoms with Crippen LogP contribution in [0.2, 0.25) is 0 Å². The lowest BCUT2D eigenvalue weighted by Gasteiger charge is -2.37. The molecule has 2 nitrogen and oxygen atoms in total. The molecule has 1 aromatic carbocycles. The Morgan fingerprint density at radius 3 is 2.17 bits per heavy atom. The summed E-state index contributed by atoms with van der Waals surface area (Å²) < 4.78 is 66.3. The summed E-state index contributed by atoms with van der Waals surface area (Å²) in [6, 6.07) is 1.98. The third kappa shape index (κ3) is 5.74. The van der Waals surface area contributed by atoms with Crippen molar-refractivity contribution in [3.05, 3.63) is 47.0 Å². The van der Waals surface area contributed by atoms with E-state index in [0.29, 0.717) is 37.5 Å². The van der Waals surface area contributed by atoms with E-state index in [0.717, 1.165) is 37.8 Å². The predicted molar refractivity (Wildman–Crippen MR) is 104 cm³/mol. The van der Waals surface area contributed by atoms with Crippen LogP contribution in [0.4, 0.5) is 17.6 Å². The molecular weight excluding hydrogens is 408 g/mol. The van der Waals surface area contributed by atoms with Gasteiger partial charge in [-0.3, -0.25) is 0 Å².